The van der Waals surface area contributed by atoms with E-state index in [0.717, 1.165) is 11.1 Å². The van der Waals surface area contributed by atoms with Crippen LogP contribution in [-0.2, 0) is 19.8 Å². The van der Waals surface area contributed by atoms with Gasteiger partial charge in [-0.1, -0.05) is 54.6 Å². The van der Waals surface area contributed by atoms with Gasteiger partial charge in [-0.15, -0.1) is 0 Å². The van der Waals surface area contributed by atoms with Crippen molar-refractivity contribution in [1.82, 2.24) is 0 Å². The third-order valence-electron chi connectivity index (χ3n) is 3.09. The molecule has 4 heteroatoms. The Bertz CT molecular complexity index is 583. The molecule has 0 saturated heterocycles. The second kappa shape index (κ2) is 7.56. The van der Waals surface area contributed by atoms with Crippen LogP contribution in [0.4, 0.5) is 0 Å². The average Bonchev–Trinajstić information content (AvgIpc) is 2.49. The normalized spacial score (nSPS) is 11.5. The van der Waals surface area contributed by atoms with E-state index in [1.807, 2.05) is 56.3 Å². The van der Waals surface area contributed by atoms with Crippen LogP contribution < -0.4 is 0 Å². The minimum absolute atomic E-state index is 0.309. The summed E-state index contributed by atoms with van der Waals surface area (Å²) in [6.07, 6.45) is 0.309. The van der Waals surface area contributed by atoms with Gasteiger partial charge in [0.2, 0.25) is 0 Å². The van der Waals surface area contributed by atoms with Crippen LogP contribution in [0.3, 0.4) is 0 Å². The number of benzene rings is 2. The minimum Gasteiger partial charge on any atom is -0.309 e. The predicted molar refractivity (Wildman–Crippen MR) is 86.4 cm³/mol. The van der Waals surface area contributed by atoms with Crippen LogP contribution in [0.15, 0.2) is 54.6 Å². The van der Waals surface area contributed by atoms with Crippen LogP contribution >= 0.6 is 7.60 Å². The first kappa shape index (κ1) is 16.0. The third-order valence-corrected chi connectivity index (χ3v) is 5.14. The van der Waals surface area contributed by atoms with Gasteiger partial charge < -0.3 is 9.05 Å². The van der Waals surface area contributed by atoms with Crippen LogP contribution in [0.1, 0.15) is 19.4 Å². The van der Waals surface area contributed by atoms with Crippen molar-refractivity contribution < 1.29 is 13.6 Å². The molecule has 0 fully saturated rings. The van der Waals surface area contributed by atoms with Crippen LogP contribution in [-0.4, -0.2) is 13.2 Å². The van der Waals surface area contributed by atoms with Gasteiger partial charge >= 0.3 is 7.60 Å². The molecular weight excluding hydrogens is 283 g/mol. The van der Waals surface area contributed by atoms with E-state index in [-0.39, 0.29) is 0 Å². The SMILES string of the molecule is CCOP(=O)(Cc1ccc(-c2ccccc2)cc1)OCC. The van der Waals surface area contributed by atoms with Gasteiger partial charge in [0.1, 0.15) is 0 Å². The molecule has 21 heavy (non-hydrogen) atoms. The van der Waals surface area contributed by atoms with Crippen LogP contribution in [0, 0.1) is 0 Å². The van der Waals surface area contributed by atoms with Crippen molar-refractivity contribution in [3.05, 3.63) is 60.2 Å². The van der Waals surface area contributed by atoms with E-state index in [1.165, 1.54) is 5.56 Å². The Morgan fingerprint density at radius 3 is 1.86 bits per heavy atom. The summed E-state index contributed by atoms with van der Waals surface area (Å²) < 4.78 is 23.1. The summed E-state index contributed by atoms with van der Waals surface area (Å²) in [5.74, 6) is 0. The molecule has 0 atom stereocenters. The minimum atomic E-state index is -3.03. The van der Waals surface area contributed by atoms with E-state index in [1.54, 1.807) is 0 Å². The summed E-state index contributed by atoms with van der Waals surface area (Å²) >= 11 is 0. The number of rotatable bonds is 7. The third kappa shape index (κ3) is 4.53. The molecular formula is C17H21O3P. The van der Waals surface area contributed by atoms with E-state index in [2.05, 4.69) is 12.1 Å². The standard InChI is InChI=1S/C17H21O3P/c1-3-19-21(18,20-4-2)14-15-10-12-17(13-11-15)16-8-6-5-7-9-16/h5-13H,3-4,14H2,1-2H3. The van der Waals surface area contributed by atoms with Gasteiger partial charge in [-0.25, -0.2) is 0 Å². The van der Waals surface area contributed by atoms with Gasteiger partial charge in [-0.05, 0) is 30.5 Å². The molecule has 0 aliphatic heterocycles. The molecule has 0 aromatic heterocycles. The zero-order chi connectivity index (χ0) is 15.1. The molecule has 2 rings (SSSR count). The quantitative estimate of drug-likeness (QED) is 0.666. The lowest BCUT2D eigenvalue weighted by atomic mass is 10.0. The summed E-state index contributed by atoms with van der Waals surface area (Å²) in [6.45, 7) is 4.42. The van der Waals surface area contributed by atoms with Crippen molar-refractivity contribution in [2.75, 3.05) is 13.2 Å². The van der Waals surface area contributed by atoms with Crippen molar-refractivity contribution in [3.63, 3.8) is 0 Å². The molecule has 0 aliphatic rings. The maximum atomic E-state index is 12.5. The Kier molecular flexibility index (Phi) is 5.75. The van der Waals surface area contributed by atoms with Crippen molar-refractivity contribution in [3.8, 4) is 11.1 Å². The molecule has 0 radical (unpaired) electrons. The second-order valence-electron chi connectivity index (χ2n) is 4.67. The first-order valence-electron chi connectivity index (χ1n) is 7.19. The van der Waals surface area contributed by atoms with Crippen LogP contribution in [0.25, 0.3) is 11.1 Å². The molecule has 3 nitrogen and oxygen atoms in total. The zero-order valence-corrected chi connectivity index (χ0v) is 13.4. The fourth-order valence-corrected chi connectivity index (χ4v) is 3.88. The molecule has 0 N–H and O–H groups in total. The highest BCUT2D eigenvalue weighted by atomic mass is 31.2. The Labute approximate surface area is 126 Å². The van der Waals surface area contributed by atoms with Gasteiger partial charge in [0.25, 0.3) is 0 Å². The fourth-order valence-electron chi connectivity index (χ4n) is 2.18. The van der Waals surface area contributed by atoms with Crippen molar-refractivity contribution in [2.45, 2.75) is 20.0 Å². The Morgan fingerprint density at radius 2 is 1.33 bits per heavy atom. The maximum Gasteiger partial charge on any atom is 0.335 e. The number of hydrogen-bond acceptors (Lipinski definition) is 3. The lowest BCUT2D eigenvalue weighted by molar-refractivity contribution is 0.219. The van der Waals surface area contributed by atoms with Gasteiger partial charge in [-0.3, -0.25) is 4.57 Å². The Morgan fingerprint density at radius 1 is 0.810 bits per heavy atom. The molecule has 0 heterocycles. The van der Waals surface area contributed by atoms with Gasteiger partial charge in [0.05, 0.1) is 19.4 Å². The largest absolute Gasteiger partial charge is 0.335 e. The van der Waals surface area contributed by atoms with E-state index in [9.17, 15) is 4.57 Å². The second-order valence-corrected chi connectivity index (χ2v) is 6.72. The first-order valence-corrected chi connectivity index (χ1v) is 8.92. The summed E-state index contributed by atoms with van der Waals surface area (Å²) in [6, 6.07) is 18.2. The molecule has 0 saturated carbocycles. The molecule has 0 aliphatic carbocycles. The Balaban J connectivity index is 2.13. The van der Waals surface area contributed by atoms with E-state index >= 15 is 0 Å². The highest BCUT2D eigenvalue weighted by Crippen LogP contribution is 2.51. The zero-order valence-electron chi connectivity index (χ0n) is 12.5. The van der Waals surface area contributed by atoms with Crippen molar-refractivity contribution in [2.24, 2.45) is 0 Å². The highest BCUT2D eigenvalue weighted by molar-refractivity contribution is 7.53. The van der Waals surface area contributed by atoms with Crippen molar-refractivity contribution in [1.29, 1.82) is 0 Å². The molecule has 0 spiro atoms. The van der Waals surface area contributed by atoms with Crippen LogP contribution in [0.5, 0.6) is 0 Å². The van der Waals surface area contributed by atoms with Crippen LogP contribution in [0.2, 0.25) is 0 Å². The lowest BCUT2D eigenvalue weighted by Gasteiger charge is -2.17. The van der Waals surface area contributed by atoms with E-state index in [0.29, 0.717) is 19.4 Å². The lowest BCUT2D eigenvalue weighted by Crippen LogP contribution is -1.99. The molecule has 2 aromatic carbocycles. The first-order chi connectivity index (χ1) is 10.2. The maximum absolute atomic E-state index is 12.5. The summed E-state index contributed by atoms with van der Waals surface area (Å²) in [7, 11) is -3.03. The topological polar surface area (TPSA) is 35.5 Å². The van der Waals surface area contributed by atoms with Crippen molar-refractivity contribution >= 4 is 7.60 Å². The predicted octanol–water partition coefficient (Wildman–Crippen LogP) is 5.12. The van der Waals surface area contributed by atoms with E-state index < -0.39 is 7.60 Å². The average molecular weight is 304 g/mol. The number of hydrogen-bond donors (Lipinski definition) is 0. The Hall–Kier alpha value is -1.41. The molecule has 112 valence electrons. The smallest absolute Gasteiger partial charge is 0.309 e. The highest BCUT2D eigenvalue weighted by Gasteiger charge is 2.23. The van der Waals surface area contributed by atoms with E-state index in [4.69, 9.17) is 9.05 Å². The summed E-state index contributed by atoms with van der Waals surface area (Å²) in [5.41, 5.74) is 3.27. The molecule has 0 bridgehead atoms. The summed E-state index contributed by atoms with van der Waals surface area (Å²) in [5, 5.41) is 0. The fraction of sp³-hybridized carbons (Fsp3) is 0.294. The van der Waals surface area contributed by atoms with Gasteiger partial charge in [0.15, 0.2) is 0 Å². The van der Waals surface area contributed by atoms with Gasteiger partial charge in [0, 0.05) is 0 Å². The summed E-state index contributed by atoms with van der Waals surface area (Å²) in [4.78, 5) is 0. The van der Waals surface area contributed by atoms with Gasteiger partial charge in [-0.2, -0.15) is 0 Å². The molecule has 0 amide bonds. The molecule has 2 aromatic rings. The molecule has 0 unspecified atom stereocenters. The monoisotopic (exact) mass is 304 g/mol.